The molecule has 0 bridgehead atoms. The summed E-state index contributed by atoms with van der Waals surface area (Å²) in [6.07, 6.45) is -0.403. The normalized spacial score (nSPS) is 15.8. The number of nitrogens with zero attached hydrogens (tertiary/aromatic N) is 3. The Kier molecular flexibility index (Phi) is 5.62. The zero-order valence-corrected chi connectivity index (χ0v) is 16.3. The van der Waals surface area contributed by atoms with Crippen molar-refractivity contribution in [2.24, 2.45) is 0 Å². The summed E-state index contributed by atoms with van der Waals surface area (Å²) in [7, 11) is 1.35. The number of methoxy groups -OCH3 is 1. The number of rotatable bonds is 4. The first-order valence-corrected chi connectivity index (χ1v) is 9.55. The second-order valence-electron chi connectivity index (χ2n) is 6.95. The van der Waals surface area contributed by atoms with Crippen LogP contribution in [0.3, 0.4) is 0 Å². The van der Waals surface area contributed by atoms with Gasteiger partial charge in [0.25, 0.3) is 0 Å². The quantitative estimate of drug-likeness (QED) is 0.733. The van der Waals surface area contributed by atoms with Gasteiger partial charge >= 0.3 is 12.1 Å². The Morgan fingerprint density at radius 3 is 2.62 bits per heavy atom. The number of hydrogen-bond donors (Lipinski definition) is 0. The van der Waals surface area contributed by atoms with Crippen molar-refractivity contribution in [1.82, 2.24) is 9.88 Å². The molecular weight excluding hydrogens is 374 g/mol. The van der Waals surface area contributed by atoms with Crippen molar-refractivity contribution in [2.45, 2.75) is 19.7 Å². The number of benzene rings is 1. The van der Waals surface area contributed by atoms with E-state index in [9.17, 15) is 9.59 Å². The summed E-state index contributed by atoms with van der Waals surface area (Å²) >= 11 is 0. The van der Waals surface area contributed by atoms with Crippen LogP contribution in [0.4, 0.5) is 10.6 Å². The van der Waals surface area contributed by atoms with Gasteiger partial charge in [-0.25, -0.2) is 14.6 Å². The number of amides is 1. The lowest BCUT2D eigenvalue weighted by atomic mass is 10.1. The monoisotopic (exact) mass is 397 g/mol. The van der Waals surface area contributed by atoms with Gasteiger partial charge in [0.2, 0.25) is 0 Å². The average Bonchev–Trinajstić information content (AvgIpc) is 3.20. The maximum absolute atomic E-state index is 12.5. The third-order valence-corrected chi connectivity index (χ3v) is 5.05. The zero-order valence-electron chi connectivity index (χ0n) is 16.3. The summed E-state index contributed by atoms with van der Waals surface area (Å²) in [6, 6.07) is 11.3. The molecule has 1 aromatic carbocycles. The van der Waals surface area contributed by atoms with Crippen LogP contribution in [0.2, 0.25) is 0 Å². The number of carbonyl (C=O) groups excluding carboxylic acids is 2. The third-order valence-electron chi connectivity index (χ3n) is 5.05. The highest BCUT2D eigenvalue weighted by atomic mass is 16.6. The van der Waals surface area contributed by atoms with Crippen molar-refractivity contribution >= 4 is 17.9 Å². The Hall–Kier alpha value is -3.13. The molecular formula is C21H23N3O5. The molecule has 0 N–H and O–H groups in total. The van der Waals surface area contributed by atoms with Crippen LogP contribution in [0.5, 0.6) is 0 Å². The molecule has 0 unspecified atom stereocenters. The number of hydrogen-bond acceptors (Lipinski definition) is 7. The molecule has 8 heteroatoms. The molecule has 0 aliphatic carbocycles. The van der Waals surface area contributed by atoms with Crippen LogP contribution in [0, 0.1) is 0 Å². The summed E-state index contributed by atoms with van der Waals surface area (Å²) in [6.45, 7) is 3.38. The number of pyridine rings is 1. The van der Waals surface area contributed by atoms with E-state index in [-0.39, 0.29) is 6.61 Å². The highest BCUT2D eigenvalue weighted by Crippen LogP contribution is 2.29. The van der Waals surface area contributed by atoms with E-state index in [0.717, 1.165) is 16.8 Å². The van der Waals surface area contributed by atoms with Crippen molar-refractivity contribution in [2.75, 3.05) is 38.3 Å². The van der Waals surface area contributed by atoms with E-state index < -0.39 is 12.1 Å². The summed E-state index contributed by atoms with van der Waals surface area (Å²) in [5, 5.41) is 0. The van der Waals surface area contributed by atoms with Gasteiger partial charge in [-0.1, -0.05) is 30.3 Å². The maximum Gasteiger partial charge on any atom is 0.410 e. The SMILES string of the molecule is COC(=O)c1cc2c(nc1N1CCOCC1)CN(C(=O)OCc1ccccc1)C2. The Morgan fingerprint density at radius 2 is 1.90 bits per heavy atom. The van der Waals surface area contributed by atoms with Crippen molar-refractivity contribution in [1.29, 1.82) is 0 Å². The first-order valence-electron chi connectivity index (χ1n) is 9.55. The number of fused-ring (bicyclic) bond motifs is 1. The van der Waals surface area contributed by atoms with Crippen molar-refractivity contribution in [3.05, 3.63) is 58.8 Å². The Balaban J connectivity index is 1.51. The second kappa shape index (κ2) is 8.48. The molecule has 29 heavy (non-hydrogen) atoms. The van der Waals surface area contributed by atoms with Crippen LogP contribution in [0.25, 0.3) is 0 Å². The highest BCUT2D eigenvalue weighted by molar-refractivity contribution is 5.95. The lowest BCUT2D eigenvalue weighted by Crippen LogP contribution is -2.38. The number of anilines is 1. The van der Waals surface area contributed by atoms with Crippen LogP contribution >= 0.6 is 0 Å². The number of esters is 1. The molecule has 4 rings (SSSR count). The lowest BCUT2D eigenvalue weighted by molar-refractivity contribution is 0.0599. The molecule has 8 nitrogen and oxygen atoms in total. The molecule has 2 aliphatic rings. The van der Waals surface area contributed by atoms with E-state index in [1.807, 2.05) is 35.2 Å². The first kappa shape index (κ1) is 19.2. The van der Waals surface area contributed by atoms with Crippen LogP contribution in [0.1, 0.15) is 27.2 Å². The van der Waals surface area contributed by atoms with E-state index in [4.69, 9.17) is 19.2 Å². The maximum atomic E-state index is 12.5. The van der Waals surface area contributed by atoms with Crippen molar-refractivity contribution in [3.8, 4) is 0 Å². The van der Waals surface area contributed by atoms with E-state index >= 15 is 0 Å². The molecule has 1 saturated heterocycles. The smallest absolute Gasteiger partial charge is 0.410 e. The largest absolute Gasteiger partial charge is 0.465 e. The van der Waals surface area contributed by atoms with Crippen LogP contribution in [-0.2, 0) is 33.9 Å². The van der Waals surface area contributed by atoms with Gasteiger partial charge in [-0.05, 0) is 17.2 Å². The molecule has 1 fully saturated rings. The van der Waals surface area contributed by atoms with Gasteiger partial charge in [0.05, 0.1) is 39.1 Å². The van der Waals surface area contributed by atoms with E-state index in [2.05, 4.69) is 0 Å². The zero-order chi connectivity index (χ0) is 20.2. The molecule has 1 aromatic heterocycles. The Labute approximate surface area is 169 Å². The minimum atomic E-state index is -0.438. The third kappa shape index (κ3) is 4.17. The molecule has 0 spiro atoms. The fourth-order valence-electron chi connectivity index (χ4n) is 3.51. The van der Waals surface area contributed by atoms with Gasteiger partial charge in [-0.15, -0.1) is 0 Å². The lowest BCUT2D eigenvalue weighted by Gasteiger charge is -2.29. The van der Waals surface area contributed by atoms with Gasteiger partial charge in [-0.2, -0.15) is 0 Å². The summed E-state index contributed by atoms with van der Waals surface area (Å²) < 4.78 is 15.8. The second-order valence-corrected chi connectivity index (χ2v) is 6.95. The number of aromatic nitrogens is 1. The van der Waals surface area contributed by atoms with Gasteiger partial charge in [0.1, 0.15) is 18.0 Å². The molecule has 3 heterocycles. The number of ether oxygens (including phenoxy) is 3. The standard InChI is InChI=1S/C21H23N3O5/c1-27-20(25)17-11-16-12-24(21(26)29-14-15-5-3-2-4-6-15)13-18(16)22-19(17)23-7-9-28-10-8-23/h2-6,11H,7-10,12-14H2,1H3. The average molecular weight is 397 g/mol. The molecule has 0 saturated carbocycles. The summed E-state index contributed by atoms with van der Waals surface area (Å²) in [5.74, 6) is 0.144. The molecule has 152 valence electrons. The van der Waals surface area contributed by atoms with Gasteiger partial charge in [0.15, 0.2) is 0 Å². The number of morpholine rings is 1. The fourth-order valence-corrected chi connectivity index (χ4v) is 3.51. The highest BCUT2D eigenvalue weighted by Gasteiger charge is 2.30. The summed E-state index contributed by atoms with van der Waals surface area (Å²) in [5.41, 5.74) is 2.95. The van der Waals surface area contributed by atoms with E-state index in [1.54, 1.807) is 11.0 Å². The van der Waals surface area contributed by atoms with Crippen molar-refractivity contribution < 1.29 is 23.8 Å². The van der Waals surface area contributed by atoms with Crippen molar-refractivity contribution in [3.63, 3.8) is 0 Å². The van der Waals surface area contributed by atoms with Crippen LogP contribution in [0.15, 0.2) is 36.4 Å². The Morgan fingerprint density at radius 1 is 1.14 bits per heavy atom. The molecule has 2 aromatic rings. The van der Waals surface area contributed by atoms with Crippen LogP contribution < -0.4 is 4.90 Å². The molecule has 0 atom stereocenters. The van der Waals surface area contributed by atoms with Gasteiger partial charge in [0, 0.05) is 13.1 Å². The predicted octanol–water partition coefficient (Wildman–Crippen LogP) is 2.36. The molecule has 0 radical (unpaired) electrons. The minimum absolute atomic E-state index is 0.215. The predicted molar refractivity (Wildman–Crippen MR) is 104 cm³/mol. The Bertz CT molecular complexity index is 897. The van der Waals surface area contributed by atoms with Crippen LogP contribution in [-0.4, -0.2) is 55.4 Å². The summed E-state index contributed by atoms with van der Waals surface area (Å²) in [4.78, 5) is 33.2. The first-order chi connectivity index (χ1) is 14.2. The van der Waals surface area contributed by atoms with Gasteiger partial charge < -0.3 is 19.1 Å². The number of carbonyl (C=O) groups is 2. The van der Waals surface area contributed by atoms with E-state index in [0.29, 0.717) is 50.8 Å². The van der Waals surface area contributed by atoms with E-state index in [1.165, 1.54) is 7.11 Å². The fraction of sp³-hybridized carbons (Fsp3) is 0.381. The molecule has 2 aliphatic heterocycles. The topological polar surface area (TPSA) is 81.2 Å². The molecule has 1 amide bonds. The minimum Gasteiger partial charge on any atom is -0.465 e. The van der Waals surface area contributed by atoms with Gasteiger partial charge in [-0.3, -0.25) is 4.90 Å².